The minimum atomic E-state index is -0.233. The number of halogens is 1. The first-order chi connectivity index (χ1) is 13.0. The van der Waals surface area contributed by atoms with Crippen molar-refractivity contribution in [1.29, 1.82) is 0 Å². The molecule has 3 atom stereocenters. The van der Waals surface area contributed by atoms with Crippen LogP contribution in [0.25, 0.3) is 0 Å². The molecule has 1 aliphatic heterocycles. The molecular weight excluding hydrogens is 345 g/mol. The lowest BCUT2D eigenvalue weighted by Gasteiger charge is -2.39. The Kier molecular flexibility index (Phi) is 6.45. The molecule has 27 heavy (non-hydrogen) atoms. The summed E-state index contributed by atoms with van der Waals surface area (Å²) < 4.78 is 21.2. The Morgan fingerprint density at radius 1 is 1.37 bits per heavy atom. The molecule has 0 saturated carbocycles. The topological polar surface area (TPSA) is 54.7 Å². The molecule has 1 aromatic heterocycles. The number of morpholine rings is 1. The van der Waals surface area contributed by atoms with Crippen LogP contribution < -0.4 is 5.32 Å². The SMILES string of the molecule is CN=C(NCC(C)Cn1cccn1)N1CC(C)OC(c2ccc(F)cc2)C1. The zero-order chi connectivity index (χ0) is 19.2. The van der Waals surface area contributed by atoms with Gasteiger partial charge in [0.2, 0.25) is 0 Å². The van der Waals surface area contributed by atoms with Crippen molar-refractivity contribution in [2.75, 3.05) is 26.7 Å². The van der Waals surface area contributed by atoms with E-state index in [1.54, 1.807) is 25.4 Å². The standard InChI is InChI=1S/C20H28FN5O/c1-15(12-26-10-4-9-24-26)11-23-20(22-3)25-13-16(2)27-19(14-25)17-5-7-18(21)8-6-17/h4-10,15-16,19H,11-14H2,1-3H3,(H,22,23). The van der Waals surface area contributed by atoms with Crippen molar-refractivity contribution in [2.45, 2.75) is 32.6 Å². The van der Waals surface area contributed by atoms with Crippen molar-refractivity contribution < 1.29 is 9.13 Å². The number of nitrogens with one attached hydrogen (secondary N) is 1. The molecule has 6 nitrogen and oxygen atoms in total. The van der Waals surface area contributed by atoms with Gasteiger partial charge < -0.3 is 15.0 Å². The highest BCUT2D eigenvalue weighted by atomic mass is 19.1. The molecule has 7 heteroatoms. The van der Waals surface area contributed by atoms with E-state index >= 15 is 0 Å². The lowest BCUT2D eigenvalue weighted by molar-refractivity contribution is -0.0605. The Balaban J connectivity index is 1.59. The molecule has 1 aliphatic rings. The second-order valence-corrected chi connectivity index (χ2v) is 7.15. The molecule has 0 aliphatic carbocycles. The number of ether oxygens (including phenoxy) is 1. The monoisotopic (exact) mass is 373 g/mol. The molecule has 0 radical (unpaired) electrons. The van der Waals surface area contributed by atoms with Crippen LogP contribution in [0.5, 0.6) is 0 Å². The van der Waals surface area contributed by atoms with Crippen molar-refractivity contribution in [1.82, 2.24) is 20.0 Å². The van der Waals surface area contributed by atoms with Crippen LogP contribution in [0.3, 0.4) is 0 Å². The minimum Gasteiger partial charge on any atom is -0.367 e. The molecule has 146 valence electrons. The first-order valence-electron chi connectivity index (χ1n) is 9.39. The summed E-state index contributed by atoms with van der Waals surface area (Å²) in [5, 5.41) is 7.73. The van der Waals surface area contributed by atoms with Gasteiger partial charge in [0.25, 0.3) is 0 Å². The molecule has 1 saturated heterocycles. The maximum Gasteiger partial charge on any atom is 0.193 e. The second-order valence-electron chi connectivity index (χ2n) is 7.15. The van der Waals surface area contributed by atoms with Gasteiger partial charge >= 0.3 is 0 Å². The van der Waals surface area contributed by atoms with Gasteiger partial charge in [0.05, 0.1) is 12.6 Å². The Bertz CT molecular complexity index is 731. The summed E-state index contributed by atoms with van der Waals surface area (Å²) in [6.07, 6.45) is 3.73. The zero-order valence-electron chi connectivity index (χ0n) is 16.2. The fourth-order valence-corrected chi connectivity index (χ4v) is 3.38. The fourth-order valence-electron chi connectivity index (χ4n) is 3.38. The first-order valence-corrected chi connectivity index (χ1v) is 9.39. The number of aromatic nitrogens is 2. The molecule has 3 unspecified atom stereocenters. The van der Waals surface area contributed by atoms with Crippen molar-refractivity contribution in [3.8, 4) is 0 Å². The summed E-state index contributed by atoms with van der Waals surface area (Å²) >= 11 is 0. The smallest absolute Gasteiger partial charge is 0.193 e. The average molecular weight is 373 g/mol. The number of hydrogen-bond donors (Lipinski definition) is 1. The van der Waals surface area contributed by atoms with Gasteiger partial charge in [-0.15, -0.1) is 0 Å². The summed E-state index contributed by atoms with van der Waals surface area (Å²) in [6, 6.07) is 8.47. The number of nitrogens with zero attached hydrogens (tertiary/aromatic N) is 4. The van der Waals surface area contributed by atoms with Crippen LogP contribution in [0.1, 0.15) is 25.5 Å². The van der Waals surface area contributed by atoms with Crippen molar-refractivity contribution in [2.24, 2.45) is 10.9 Å². The van der Waals surface area contributed by atoms with Crippen LogP contribution in [0.15, 0.2) is 47.7 Å². The van der Waals surface area contributed by atoms with Crippen LogP contribution in [0.4, 0.5) is 4.39 Å². The van der Waals surface area contributed by atoms with Crippen LogP contribution in [0.2, 0.25) is 0 Å². The first kappa shape index (κ1) is 19.4. The molecule has 3 rings (SSSR count). The number of aliphatic imine (C=N–C) groups is 1. The lowest BCUT2D eigenvalue weighted by atomic mass is 10.1. The largest absolute Gasteiger partial charge is 0.367 e. The number of benzene rings is 1. The van der Waals surface area contributed by atoms with Gasteiger partial charge in [0, 0.05) is 39.1 Å². The Morgan fingerprint density at radius 3 is 2.81 bits per heavy atom. The van der Waals surface area contributed by atoms with Gasteiger partial charge in [-0.05, 0) is 36.6 Å². The Hall–Kier alpha value is -2.41. The van der Waals surface area contributed by atoms with Crippen molar-refractivity contribution in [3.63, 3.8) is 0 Å². The molecule has 0 spiro atoms. The molecule has 1 N–H and O–H groups in total. The van der Waals surface area contributed by atoms with E-state index in [4.69, 9.17) is 4.74 Å². The molecular formula is C20H28FN5O. The number of rotatable bonds is 5. The van der Waals surface area contributed by atoms with E-state index in [0.717, 1.165) is 31.2 Å². The molecule has 2 heterocycles. The second kappa shape index (κ2) is 8.99. The predicted octanol–water partition coefficient (Wildman–Crippen LogP) is 2.70. The summed E-state index contributed by atoms with van der Waals surface area (Å²) in [4.78, 5) is 6.66. The minimum absolute atomic E-state index is 0.0638. The molecule has 1 fully saturated rings. The van der Waals surface area contributed by atoms with Crippen molar-refractivity contribution in [3.05, 3.63) is 54.1 Å². The van der Waals surface area contributed by atoms with Crippen LogP contribution in [0, 0.1) is 11.7 Å². The predicted molar refractivity (Wildman–Crippen MR) is 104 cm³/mol. The number of guanidine groups is 1. The summed E-state index contributed by atoms with van der Waals surface area (Å²) in [5.74, 6) is 1.04. The van der Waals surface area contributed by atoms with E-state index < -0.39 is 0 Å². The highest BCUT2D eigenvalue weighted by Crippen LogP contribution is 2.25. The summed E-state index contributed by atoms with van der Waals surface area (Å²) in [5.41, 5.74) is 0.982. The Labute approximate surface area is 160 Å². The van der Waals surface area contributed by atoms with E-state index in [0.29, 0.717) is 12.5 Å². The molecule has 1 aromatic carbocycles. The molecule has 0 amide bonds. The molecule has 0 bridgehead atoms. The van der Waals surface area contributed by atoms with Crippen LogP contribution >= 0.6 is 0 Å². The summed E-state index contributed by atoms with van der Waals surface area (Å²) in [6.45, 7) is 7.35. The van der Waals surface area contributed by atoms with Crippen LogP contribution in [-0.4, -0.2) is 53.4 Å². The Morgan fingerprint density at radius 2 is 2.15 bits per heavy atom. The van der Waals surface area contributed by atoms with E-state index in [2.05, 4.69) is 34.2 Å². The third kappa shape index (κ3) is 5.29. The van der Waals surface area contributed by atoms with E-state index in [9.17, 15) is 4.39 Å². The van der Waals surface area contributed by atoms with Crippen LogP contribution in [-0.2, 0) is 11.3 Å². The van der Waals surface area contributed by atoms with Crippen molar-refractivity contribution >= 4 is 5.96 Å². The average Bonchev–Trinajstić information content (AvgIpc) is 3.15. The quantitative estimate of drug-likeness (QED) is 0.647. The lowest BCUT2D eigenvalue weighted by Crippen LogP contribution is -2.51. The highest BCUT2D eigenvalue weighted by molar-refractivity contribution is 5.80. The van der Waals surface area contributed by atoms with E-state index in [-0.39, 0.29) is 18.0 Å². The normalized spacial score (nSPS) is 21.9. The summed E-state index contributed by atoms with van der Waals surface area (Å²) in [7, 11) is 1.80. The highest BCUT2D eigenvalue weighted by Gasteiger charge is 2.28. The van der Waals surface area contributed by atoms with Gasteiger partial charge in [-0.25, -0.2) is 4.39 Å². The number of hydrogen-bond acceptors (Lipinski definition) is 3. The maximum atomic E-state index is 13.2. The zero-order valence-corrected chi connectivity index (χ0v) is 16.2. The van der Waals surface area contributed by atoms with Gasteiger partial charge in [-0.2, -0.15) is 5.10 Å². The van der Waals surface area contributed by atoms with Gasteiger partial charge in [-0.3, -0.25) is 9.67 Å². The third-order valence-electron chi connectivity index (χ3n) is 4.68. The van der Waals surface area contributed by atoms with Gasteiger partial charge in [-0.1, -0.05) is 19.1 Å². The fraction of sp³-hybridized carbons (Fsp3) is 0.500. The maximum absolute atomic E-state index is 13.2. The van der Waals surface area contributed by atoms with Gasteiger partial charge in [0.1, 0.15) is 11.9 Å². The van der Waals surface area contributed by atoms with E-state index in [1.165, 1.54) is 12.1 Å². The molecule has 2 aromatic rings. The van der Waals surface area contributed by atoms with E-state index in [1.807, 2.05) is 16.9 Å². The van der Waals surface area contributed by atoms with Gasteiger partial charge in [0.15, 0.2) is 5.96 Å². The third-order valence-corrected chi connectivity index (χ3v) is 4.68.